The lowest BCUT2D eigenvalue weighted by atomic mass is 10.1. The molecule has 11 nitrogen and oxygen atoms in total. The van der Waals surface area contributed by atoms with Crippen LogP contribution >= 0.6 is 0 Å². The molecule has 0 spiro atoms. The topological polar surface area (TPSA) is 185 Å². The third kappa shape index (κ3) is 5.99. The number of primary amides is 1. The monoisotopic (exact) mass is 371 g/mol. The van der Waals surface area contributed by atoms with Crippen molar-refractivity contribution in [1.29, 1.82) is 0 Å². The number of hydrogen-bond donors (Lipinski definition) is 5. The number of aliphatic carboxylic acids is 1. The van der Waals surface area contributed by atoms with E-state index in [-0.39, 0.29) is 19.4 Å². The molecule has 3 atom stereocenters. The van der Waals surface area contributed by atoms with E-state index >= 15 is 0 Å². The van der Waals surface area contributed by atoms with Gasteiger partial charge in [-0.3, -0.25) is 19.2 Å². The normalized spacial score (nSPS) is 18.7. The van der Waals surface area contributed by atoms with Crippen LogP contribution in [0.5, 0.6) is 0 Å². The standard InChI is InChI=1S/C15H25N5O6/c1-8(14(24)20-6-2-3-10(20)15(25)26)18-13(23)9(4-5-11(17)21)19-12(22)7-16/h8-10H,2-7,16H2,1H3,(H2,17,21)(H,18,23)(H,19,22)(H,25,26). The van der Waals surface area contributed by atoms with E-state index in [1.54, 1.807) is 0 Å². The van der Waals surface area contributed by atoms with Crippen molar-refractivity contribution in [2.45, 2.75) is 50.7 Å². The minimum Gasteiger partial charge on any atom is -0.480 e. The van der Waals surface area contributed by atoms with Gasteiger partial charge in [-0.1, -0.05) is 0 Å². The molecule has 0 aromatic rings. The van der Waals surface area contributed by atoms with Crippen molar-refractivity contribution < 1.29 is 29.1 Å². The predicted molar refractivity (Wildman–Crippen MR) is 89.4 cm³/mol. The Kier molecular flexibility index (Phi) is 7.97. The number of amides is 4. The van der Waals surface area contributed by atoms with Crippen molar-refractivity contribution in [3.63, 3.8) is 0 Å². The molecule has 0 aliphatic carbocycles. The van der Waals surface area contributed by atoms with Crippen LogP contribution in [0, 0.1) is 0 Å². The molecule has 1 rings (SSSR count). The van der Waals surface area contributed by atoms with Gasteiger partial charge in [-0.2, -0.15) is 0 Å². The number of carboxylic acids is 1. The highest BCUT2D eigenvalue weighted by molar-refractivity contribution is 5.93. The van der Waals surface area contributed by atoms with Crippen LogP contribution in [-0.4, -0.2) is 70.8 Å². The summed E-state index contributed by atoms with van der Waals surface area (Å²) in [6, 6.07) is -2.99. The molecular weight excluding hydrogens is 346 g/mol. The first-order chi connectivity index (χ1) is 12.2. The first-order valence-electron chi connectivity index (χ1n) is 8.28. The van der Waals surface area contributed by atoms with E-state index in [1.807, 2.05) is 0 Å². The van der Waals surface area contributed by atoms with Gasteiger partial charge in [-0.15, -0.1) is 0 Å². The highest BCUT2D eigenvalue weighted by Crippen LogP contribution is 2.18. The number of nitrogens with two attached hydrogens (primary N) is 2. The van der Waals surface area contributed by atoms with Crippen molar-refractivity contribution in [2.24, 2.45) is 11.5 Å². The summed E-state index contributed by atoms with van der Waals surface area (Å²) in [7, 11) is 0. The SMILES string of the molecule is CC(NC(=O)C(CCC(N)=O)NC(=O)CN)C(=O)N1CCCC1C(=O)O. The summed E-state index contributed by atoms with van der Waals surface area (Å²) in [6.07, 6.45) is 0.737. The summed E-state index contributed by atoms with van der Waals surface area (Å²) in [4.78, 5) is 59.5. The van der Waals surface area contributed by atoms with Crippen LogP contribution in [0.2, 0.25) is 0 Å². The lowest BCUT2D eigenvalue weighted by Gasteiger charge is -2.26. The summed E-state index contributed by atoms with van der Waals surface area (Å²) in [6.45, 7) is 1.38. The van der Waals surface area contributed by atoms with Crippen molar-refractivity contribution in [3.8, 4) is 0 Å². The molecule has 1 fully saturated rings. The minimum atomic E-state index is -1.09. The van der Waals surface area contributed by atoms with Crippen molar-refractivity contribution in [1.82, 2.24) is 15.5 Å². The molecule has 1 heterocycles. The number of likely N-dealkylation sites (tertiary alicyclic amines) is 1. The summed E-state index contributed by atoms with van der Waals surface area (Å²) in [5.74, 6) is -3.54. The summed E-state index contributed by atoms with van der Waals surface area (Å²) < 4.78 is 0. The molecule has 1 aliphatic rings. The van der Waals surface area contributed by atoms with Gasteiger partial charge in [-0.25, -0.2) is 4.79 Å². The van der Waals surface area contributed by atoms with Gasteiger partial charge in [0.25, 0.3) is 0 Å². The van der Waals surface area contributed by atoms with Gasteiger partial charge in [-0.05, 0) is 26.2 Å². The van der Waals surface area contributed by atoms with E-state index in [1.165, 1.54) is 11.8 Å². The van der Waals surface area contributed by atoms with Gasteiger partial charge in [0, 0.05) is 13.0 Å². The number of nitrogens with one attached hydrogen (secondary N) is 2. The second-order valence-electron chi connectivity index (χ2n) is 6.09. The Hall–Kier alpha value is -2.69. The molecule has 1 aliphatic heterocycles. The molecule has 11 heteroatoms. The first-order valence-corrected chi connectivity index (χ1v) is 8.28. The summed E-state index contributed by atoms with van der Waals surface area (Å²) in [5.41, 5.74) is 10.3. The van der Waals surface area contributed by atoms with Gasteiger partial charge >= 0.3 is 5.97 Å². The number of carboxylic acid groups (broad SMARTS) is 1. The van der Waals surface area contributed by atoms with Crippen LogP contribution in [-0.2, 0) is 24.0 Å². The van der Waals surface area contributed by atoms with Gasteiger partial charge in [0.2, 0.25) is 23.6 Å². The molecule has 3 unspecified atom stereocenters. The summed E-state index contributed by atoms with van der Waals surface area (Å²) in [5, 5.41) is 13.9. The van der Waals surface area contributed by atoms with Gasteiger partial charge in [0.05, 0.1) is 6.54 Å². The summed E-state index contributed by atoms with van der Waals surface area (Å²) >= 11 is 0. The number of carbonyl (C=O) groups is 5. The van der Waals surface area contributed by atoms with Crippen molar-refractivity contribution in [3.05, 3.63) is 0 Å². The fourth-order valence-corrected chi connectivity index (χ4v) is 2.72. The molecular formula is C15H25N5O6. The minimum absolute atomic E-state index is 0.0463. The van der Waals surface area contributed by atoms with E-state index in [2.05, 4.69) is 10.6 Å². The number of hydrogen-bond acceptors (Lipinski definition) is 6. The Morgan fingerprint density at radius 2 is 1.88 bits per heavy atom. The van der Waals surface area contributed by atoms with E-state index < -0.39 is 47.7 Å². The Balaban J connectivity index is 2.73. The van der Waals surface area contributed by atoms with Crippen LogP contribution in [0.1, 0.15) is 32.6 Å². The Morgan fingerprint density at radius 3 is 2.42 bits per heavy atom. The van der Waals surface area contributed by atoms with Crippen LogP contribution in [0.15, 0.2) is 0 Å². The fraction of sp³-hybridized carbons (Fsp3) is 0.667. The predicted octanol–water partition coefficient (Wildman–Crippen LogP) is -2.72. The Morgan fingerprint density at radius 1 is 1.23 bits per heavy atom. The third-order valence-electron chi connectivity index (χ3n) is 4.07. The number of carbonyl (C=O) groups excluding carboxylic acids is 4. The maximum Gasteiger partial charge on any atom is 0.326 e. The second kappa shape index (κ2) is 9.70. The molecule has 146 valence electrons. The van der Waals surface area contributed by atoms with Crippen LogP contribution in [0.25, 0.3) is 0 Å². The molecule has 0 aromatic heterocycles. The fourth-order valence-electron chi connectivity index (χ4n) is 2.72. The van der Waals surface area contributed by atoms with Crippen molar-refractivity contribution in [2.75, 3.05) is 13.1 Å². The molecule has 0 saturated carbocycles. The van der Waals surface area contributed by atoms with E-state index in [4.69, 9.17) is 16.6 Å². The molecule has 4 amide bonds. The number of rotatable bonds is 9. The molecule has 0 aromatic carbocycles. The van der Waals surface area contributed by atoms with Gasteiger partial charge in [0.15, 0.2) is 0 Å². The van der Waals surface area contributed by atoms with Gasteiger partial charge in [0.1, 0.15) is 18.1 Å². The average Bonchev–Trinajstić information content (AvgIpc) is 3.06. The smallest absolute Gasteiger partial charge is 0.326 e. The average molecular weight is 371 g/mol. The third-order valence-corrected chi connectivity index (χ3v) is 4.07. The highest BCUT2D eigenvalue weighted by Gasteiger charge is 2.36. The zero-order valence-corrected chi connectivity index (χ0v) is 14.6. The van der Waals surface area contributed by atoms with Crippen LogP contribution in [0.3, 0.4) is 0 Å². The lowest BCUT2D eigenvalue weighted by Crippen LogP contribution is -2.55. The van der Waals surface area contributed by atoms with E-state index in [0.29, 0.717) is 19.4 Å². The Bertz CT molecular complexity index is 581. The molecule has 0 radical (unpaired) electrons. The second-order valence-corrected chi connectivity index (χ2v) is 6.09. The zero-order chi connectivity index (χ0) is 19.9. The maximum atomic E-state index is 12.4. The number of nitrogens with zero attached hydrogens (tertiary/aromatic N) is 1. The van der Waals surface area contributed by atoms with Crippen LogP contribution < -0.4 is 22.1 Å². The quantitative estimate of drug-likeness (QED) is 0.291. The van der Waals surface area contributed by atoms with Crippen molar-refractivity contribution >= 4 is 29.6 Å². The molecule has 26 heavy (non-hydrogen) atoms. The lowest BCUT2D eigenvalue weighted by molar-refractivity contribution is -0.149. The largest absolute Gasteiger partial charge is 0.480 e. The highest BCUT2D eigenvalue weighted by atomic mass is 16.4. The maximum absolute atomic E-state index is 12.4. The molecule has 0 bridgehead atoms. The van der Waals surface area contributed by atoms with Crippen LogP contribution in [0.4, 0.5) is 0 Å². The Labute approximate surface area is 150 Å². The zero-order valence-electron chi connectivity index (χ0n) is 14.6. The van der Waals surface area contributed by atoms with E-state index in [9.17, 15) is 24.0 Å². The molecule has 7 N–H and O–H groups in total. The van der Waals surface area contributed by atoms with E-state index in [0.717, 1.165) is 0 Å². The molecule has 1 saturated heterocycles. The first kappa shape index (κ1) is 21.4. The van der Waals surface area contributed by atoms with Gasteiger partial charge < -0.3 is 32.1 Å².